The molecular weight excluding hydrogens is 402 g/mol. The van der Waals surface area contributed by atoms with E-state index in [0.29, 0.717) is 22.8 Å². The summed E-state index contributed by atoms with van der Waals surface area (Å²) in [6.07, 6.45) is 0. The van der Waals surface area contributed by atoms with Crippen LogP contribution in [0.5, 0.6) is 0 Å². The number of nitrogens with one attached hydrogen (secondary N) is 2. The summed E-state index contributed by atoms with van der Waals surface area (Å²) in [4.78, 5) is 41.9. The molecule has 0 saturated carbocycles. The van der Waals surface area contributed by atoms with Crippen LogP contribution in [-0.4, -0.2) is 23.1 Å². The van der Waals surface area contributed by atoms with E-state index in [2.05, 4.69) is 10.6 Å². The predicted octanol–water partition coefficient (Wildman–Crippen LogP) is 4.39. The monoisotopic (exact) mass is 425 g/mol. The molecule has 0 radical (unpaired) electrons. The highest BCUT2D eigenvalue weighted by atomic mass is 16.2. The van der Waals surface area contributed by atoms with Crippen molar-refractivity contribution in [3.05, 3.63) is 102 Å². The maximum atomic E-state index is 13.7. The van der Waals surface area contributed by atoms with Crippen molar-refractivity contribution in [2.75, 3.05) is 15.5 Å². The number of carbonyl (C=O) groups excluding carboxylic acids is 3. The van der Waals surface area contributed by atoms with Gasteiger partial charge in [0.15, 0.2) is 5.54 Å². The average Bonchev–Trinajstić information content (AvgIpc) is 3.01. The SMILES string of the molecule is CC1=C(C(=O)Nc2ccccc2)C(=O)C(C)(C(=O)Nc2ccccc2)N1c1ccccc1. The second kappa shape index (κ2) is 8.51. The number of rotatable bonds is 5. The minimum atomic E-state index is -1.63. The van der Waals surface area contributed by atoms with E-state index in [4.69, 9.17) is 0 Å². The molecule has 6 nitrogen and oxygen atoms in total. The fraction of sp³-hybridized carbons (Fsp3) is 0.115. The van der Waals surface area contributed by atoms with Crippen LogP contribution in [0.4, 0.5) is 17.1 Å². The lowest BCUT2D eigenvalue weighted by Crippen LogP contribution is -2.56. The van der Waals surface area contributed by atoms with Gasteiger partial charge in [-0.25, -0.2) is 0 Å². The fourth-order valence-corrected chi connectivity index (χ4v) is 3.95. The zero-order valence-electron chi connectivity index (χ0n) is 17.8. The topological polar surface area (TPSA) is 78.5 Å². The molecule has 0 spiro atoms. The summed E-state index contributed by atoms with van der Waals surface area (Å²) < 4.78 is 0. The molecule has 6 heteroatoms. The van der Waals surface area contributed by atoms with E-state index in [1.165, 1.54) is 0 Å². The maximum Gasteiger partial charge on any atom is 0.261 e. The molecule has 160 valence electrons. The minimum absolute atomic E-state index is 0.0385. The number of para-hydroxylation sites is 3. The number of nitrogens with zero attached hydrogens (tertiary/aromatic N) is 1. The van der Waals surface area contributed by atoms with Crippen molar-refractivity contribution in [2.45, 2.75) is 19.4 Å². The molecule has 0 bridgehead atoms. The Labute approximate surface area is 186 Å². The molecule has 3 aromatic carbocycles. The van der Waals surface area contributed by atoms with Crippen LogP contribution >= 0.6 is 0 Å². The molecular formula is C26H23N3O3. The lowest BCUT2D eigenvalue weighted by molar-refractivity contribution is -0.129. The first-order valence-electron chi connectivity index (χ1n) is 10.3. The van der Waals surface area contributed by atoms with Gasteiger partial charge in [-0.3, -0.25) is 14.4 Å². The molecule has 0 fully saturated rings. The van der Waals surface area contributed by atoms with Gasteiger partial charge in [0, 0.05) is 22.8 Å². The van der Waals surface area contributed by atoms with Crippen molar-refractivity contribution in [3.8, 4) is 0 Å². The number of Topliss-reactive ketones (excluding diaryl/α,β-unsaturated/α-hetero) is 1. The van der Waals surface area contributed by atoms with Crippen LogP contribution in [0.15, 0.2) is 102 Å². The summed E-state index contributed by atoms with van der Waals surface area (Å²) in [5.74, 6) is -1.61. The number of hydrogen-bond acceptors (Lipinski definition) is 4. The molecule has 4 rings (SSSR count). The first-order chi connectivity index (χ1) is 15.4. The van der Waals surface area contributed by atoms with Gasteiger partial charge in [-0.1, -0.05) is 54.6 Å². The molecule has 32 heavy (non-hydrogen) atoms. The zero-order valence-corrected chi connectivity index (χ0v) is 17.8. The minimum Gasteiger partial charge on any atom is -0.324 e. The van der Waals surface area contributed by atoms with E-state index >= 15 is 0 Å². The Morgan fingerprint density at radius 2 is 1.22 bits per heavy atom. The highest BCUT2D eigenvalue weighted by Gasteiger charge is 2.55. The summed E-state index contributed by atoms with van der Waals surface area (Å²) in [5.41, 5.74) is 0.527. The van der Waals surface area contributed by atoms with Crippen molar-refractivity contribution in [3.63, 3.8) is 0 Å². The Hall–Kier alpha value is -4.19. The molecule has 0 aliphatic carbocycles. The van der Waals surface area contributed by atoms with E-state index in [9.17, 15) is 14.4 Å². The van der Waals surface area contributed by atoms with Crippen molar-refractivity contribution in [2.24, 2.45) is 0 Å². The van der Waals surface area contributed by atoms with Crippen molar-refractivity contribution in [1.82, 2.24) is 0 Å². The van der Waals surface area contributed by atoms with Gasteiger partial charge in [-0.15, -0.1) is 0 Å². The number of ketones is 1. The van der Waals surface area contributed by atoms with E-state index < -0.39 is 23.1 Å². The lowest BCUT2D eigenvalue weighted by Gasteiger charge is -2.35. The second-order valence-corrected chi connectivity index (χ2v) is 7.67. The van der Waals surface area contributed by atoms with Crippen LogP contribution in [-0.2, 0) is 14.4 Å². The van der Waals surface area contributed by atoms with Crippen LogP contribution in [0.2, 0.25) is 0 Å². The van der Waals surface area contributed by atoms with Gasteiger partial charge in [0.1, 0.15) is 5.57 Å². The Kier molecular flexibility index (Phi) is 5.60. The largest absolute Gasteiger partial charge is 0.324 e. The molecule has 1 aliphatic rings. The zero-order chi connectivity index (χ0) is 22.7. The molecule has 1 unspecified atom stereocenters. The van der Waals surface area contributed by atoms with Crippen LogP contribution in [0.3, 0.4) is 0 Å². The van der Waals surface area contributed by atoms with Crippen LogP contribution in [0, 0.1) is 0 Å². The Morgan fingerprint density at radius 1 is 0.750 bits per heavy atom. The summed E-state index contributed by atoms with van der Waals surface area (Å²) in [6.45, 7) is 3.23. The van der Waals surface area contributed by atoms with Crippen LogP contribution < -0.4 is 15.5 Å². The molecule has 0 aromatic heterocycles. The molecule has 3 aromatic rings. The first kappa shape index (κ1) is 21.1. The van der Waals surface area contributed by atoms with Gasteiger partial charge >= 0.3 is 0 Å². The van der Waals surface area contributed by atoms with E-state index in [-0.39, 0.29) is 5.57 Å². The Bertz CT molecular complexity index is 1190. The third-order valence-electron chi connectivity index (χ3n) is 5.56. The predicted molar refractivity (Wildman–Crippen MR) is 125 cm³/mol. The summed E-state index contributed by atoms with van der Waals surface area (Å²) >= 11 is 0. The second-order valence-electron chi connectivity index (χ2n) is 7.67. The quantitative estimate of drug-likeness (QED) is 0.470. The van der Waals surface area contributed by atoms with Crippen LogP contribution in [0.25, 0.3) is 0 Å². The van der Waals surface area contributed by atoms with Crippen LogP contribution in [0.1, 0.15) is 13.8 Å². The third kappa shape index (κ3) is 3.67. The number of hydrogen-bond donors (Lipinski definition) is 2. The van der Waals surface area contributed by atoms with Gasteiger partial charge in [-0.2, -0.15) is 0 Å². The van der Waals surface area contributed by atoms with E-state index in [0.717, 1.165) is 0 Å². The van der Waals surface area contributed by atoms with Crippen molar-refractivity contribution >= 4 is 34.7 Å². The normalized spacial score (nSPS) is 17.9. The molecule has 2 N–H and O–H groups in total. The molecule has 2 amide bonds. The number of carbonyl (C=O) groups is 3. The number of allylic oxidation sites excluding steroid dienone is 1. The van der Waals surface area contributed by atoms with Gasteiger partial charge in [0.05, 0.1) is 0 Å². The van der Waals surface area contributed by atoms with Crippen molar-refractivity contribution < 1.29 is 14.4 Å². The molecule has 1 atom stereocenters. The van der Waals surface area contributed by atoms with E-state index in [1.54, 1.807) is 67.3 Å². The number of anilines is 3. The van der Waals surface area contributed by atoms with Gasteiger partial charge < -0.3 is 15.5 Å². The Morgan fingerprint density at radius 3 is 1.75 bits per heavy atom. The molecule has 1 aliphatic heterocycles. The van der Waals surface area contributed by atoms with Gasteiger partial charge in [0.25, 0.3) is 11.8 Å². The third-order valence-corrected chi connectivity index (χ3v) is 5.56. The van der Waals surface area contributed by atoms with Crippen molar-refractivity contribution in [1.29, 1.82) is 0 Å². The summed E-state index contributed by atoms with van der Waals surface area (Å²) in [5, 5.41) is 5.59. The summed E-state index contributed by atoms with van der Waals surface area (Å²) in [6, 6.07) is 26.9. The highest BCUT2D eigenvalue weighted by molar-refractivity contribution is 6.36. The lowest BCUT2D eigenvalue weighted by atomic mass is 9.91. The average molecular weight is 425 g/mol. The maximum absolute atomic E-state index is 13.7. The standard InChI is InChI=1S/C26H23N3O3/c1-18-22(24(31)27-19-12-6-3-7-13-19)23(30)26(2,29(18)21-16-10-5-11-17-21)25(32)28-20-14-8-4-9-15-20/h3-17H,1-2H3,(H,27,31)(H,28,32). The number of amides is 2. The Balaban J connectivity index is 1.75. The highest BCUT2D eigenvalue weighted by Crippen LogP contribution is 2.39. The smallest absolute Gasteiger partial charge is 0.261 e. The van der Waals surface area contributed by atoms with Gasteiger partial charge in [0.2, 0.25) is 5.78 Å². The molecule has 1 heterocycles. The summed E-state index contributed by atoms with van der Waals surface area (Å²) in [7, 11) is 0. The van der Waals surface area contributed by atoms with E-state index in [1.807, 2.05) is 42.5 Å². The number of benzene rings is 3. The first-order valence-corrected chi connectivity index (χ1v) is 10.3. The van der Waals surface area contributed by atoms with Gasteiger partial charge in [-0.05, 0) is 50.2 Å². The molecule has 0 saturated heterocycles. The fourth-order valence-electron chi connectivity index (χ4n) is 3.95.